The molecule has 4 bridgehead atoms. The van der Waals surface area contributed by atoms with Crippen LogP contribution < -0.4 is 10.3 Å². The second-order valence-corrected chi connectivity index (χ2v) is 12.3. The van der Waals surface area contributed by atoms with E-state index in [0.29, 0.717) is 0 Å². The molecule has 1 aromatic rings. The molecule has 0 unspecified atom stereocenters. The van der Waals surface area contributed by atoms with Crippen molar-refractivity contribution in [1.82, 2.24) is 10.3 Å². The number of anilines is 1. The molecule has 1 heterocycles. The number of ether oxygens (including phenoxy) is 1. The van der Waals surface area contributed by atoms with Gasteiger partial charge >= 0.3 is 0 Å². The van der Waals surface area contributed by atoms with Crippen LogP contribution in [0.15, 0.2) is 46.2 Å². The molecular weight excluding hydrogens is 472 g/mol. The van der Waals surface area contributed by atoms with Crippen molar-refractivity contribution in [3.63, 3.8) is 0 Å². The zero-order valence-corrected chi connectivity index (χ0v) is 23.3. The Balaban J connectivity index is 1.20. The fourth-order valence-electron chi connectivity index (χ4n) is 8.42. The summed E-state index contributed by atoms with van der Waals surface area (Å²) in [4.78, 5) is 18.2. The number of morpholine rings is 1. The summed E-state index contributed by atoms with van der Waals surface area (Å²) in [6.45, 7) is 9.73. The minimum Gasteiger partial charge on any atom is -0.378 e. The van der Waals surface area contributed by atoms with E-state index in [1.165, 1.54) is 47.4 Å². The zero-order chi connectivity index (χ0) is 26.1. The van der Waals surface area contributed by atoms with Gasteiger partial charge in [0.05, 0.1) is 24.8 Å². The lowest BCUT2D eigenvalue weighted by molar-refractivity contribution is -0.146. The van der Waals surface area contributed by atoms with E-state index in [0.717, 1.165) is 89.3 Å². The zero-order valence-electron chi connectivity index (χ0n) is 23.3. The Morgan fingerprint density at radius 2 is 1.66 bits per heavy atom. The standard InChI is InChI=1S/C32H44N4O2/c1-3-35(4-2)29-9-5-23(6-10-29)18-27-7-8-28(30(27)36-11-13-38-14-12-36)22-33-34-31(37)32-19-24-15-25(20-32)17-26(16-24)21-32/h5-6,9-10,18,22,24-26H,3-4,7-8,11-17,19-21H2,1-2H3,(H,34,37)/b27-18-,33-22?. The van der Waals surface area contributed by atoms with Crippen molar-refractivity contribution in [2.24, 2.45) is 28.3 Å². The van der Waals surface area contributed by atoms with E-state index in [1.807, 2.05) is 6.21 Å². The number of nitrogens with one attached hydrogen (secondary N) is 1. The Kier molecular flexibility index (Phi) is 7.35. The first-order valence-corrected chi connectivity index (χ1v) is 15.0. The molecule has 1 amide bonds. The Labute approximate surface area is 228 Å². The molecule has 5 fully saturated rings. The lowest BCUT2D eigenvalue weighted by Crippen LogP contribution is -2.52. The van der Waals surface area contributed by atoms with E-state index in [4.69, 9.17) is 4.74 Å². The van der Waals surface area contributed by atoms with Crippen LogP contribution in [0.4, 0.5) is 5.69 Å². The van der Waals surface area contributed by atoms with Crippen LogP contribution in [0.25, 0.3) is 6.08 Å². The van der Waals surface area contributed by atoms with Gasteiger partial charge in [-0.15, -0.1) is 0 Å². The SMILES string of the molecule is CCN(CC)c1ccc(/C=C2/CCC(C=NNC(=O)C34CC5CC(CC(C5)C3)C4)=C2N2CCOCC2)cc1. The first-order chi connectivity index (χ1) is 18.6. The van der Waals surface area contributed by atoms with E-state index in [-0.39, 0.29) is 11.3 Å². The van der Waals surface area contributed by atoms with Crippen molar-refractivity contribution in [2.45, 2.75) is 65.2 Å². The highest BCUT2D eigenvalue weighted by atomic mass is 16.5. The van der Waals surface area contributed by atoms with Gasteiger partial charge in [0.1, 0.15) is 0 Å². The second kappa shape index (κ2) is 10.9. The maximum absolute atomic E-state index is 13.4. The first-order valence-electron chi connectivity index (χ1n) is 15.0. The topological polar surface area (TPSA) is 57.2 Å². The minimum atomic E-state index is -0.161. The predicted molar refractivity (Wildman–Crippen MR) is 154 cm³/mol. The van der Waals surface area contributed by atoms with Gasteiger partial charge in [0, 0.05) is 37.6 Å². The van der Waals surface area contributed by atoms with Gasteiger partial charge in [0.25, 0.3) is 0 Å². The Morgan fingerprint density at radius 3 is 2.26 bits per heavy atom. The molecule has 5 aliphatic carbocycles. The van der Waals surface area contributed by atoms with E-state index in [1.54, 1.807) is 0 Å². The fraction of sp³-hybridized carbons (Fsp3) is 0.625. The Bertz CT molecular complexity index is 1070. The second-order valence-electron chi connectivity index (χ2n) is 12.3. The third-order valence-corrected chi connectivity index (χ3v) is 9.87. The molecule has 7 rings (SSSR count). The normalized spacial score (nSPS) is 31.6. The molecule has 6 heteroatoms. The van der Waals surface area contributed by atoms with Crippen LogP contribution >= 0.6 is 0 Å². The third kappa shape index (κ3) is 5.04. The molecule has 4 saturated carbocycles. The van der Waals surface area contributed by atoms with E-state index < -0.39 is 0 Å². The monoisotopic (exact) mass is 516 g/mol. The highest BCUT2D eigenvalue weighted by Gasteiger charge is 2.54. The van der Waals surface area contributed by atoms with Gasteiger partial charge in [-0.25, -0.2) is 5.43 Å². The third-order valence-electron chi connectivity index (χ3n) is 9.87. The summed E-state index contributed by atoms with van der Waals surface area (Å²) in [5.41, 5.74) is 9.22. The van der Waals surface area contributed by atoms with Crippen LogP contribution in [-0.2, 0) is 9.53 Å². The van der Waals surface area contributed by atoms with Gasteiger partial charge in [0.2, 0.25) is 5.91 Å². The van der Waals surface area contributed by atoms with Crippen LogP contribution in [0.1, 0.15) is 70.8 Å². The van der Waals surface area contributed by atoms with Crippen molar-refractivity contribution in [1.29, 1.82) is 0 Å². The number of benzene rings is 1. The van der Waals surface area contributed by atoms with Crippen LogP contribution in [0, 0.1) is 23.2 Å². The molecule has 1 aromatic carbocycles. The minimum absolute atomic E-state index is 0.161. The number of carbonyl (C=O) groups excluding carboxylic acids is 1. The Hall–Kier alpha value is -2.60. The lowest BCUT2D eigenvalue weighted by atomic mass is 9.49. The summed E-state index contributed by atoms with van der Waals surface area (Å²) >= 11 is 0. The van der Waals surface area contributed by atoms with Crippen molar-refractivity contribution < 1.29 is 9.53 Å². The van der Waals surface area contributed by atoms with Crippen molar-refractivity contribution in [2.75, 3.05) is 44.3 Å². The highest BCUT2D eigenvalue weighted by Crippen LogP contribution is 2.60. The largest absolute Gasteiger partial charge is 0.378 e. The quantitative estimate of drug-likeness (QED) is 0.360. The molecule has 0 aromatic heterocycles. The number of hydrogen-bond donors (Lipinski definition) is 1. The van der Waals surface area contributed by atoms with Crippen LogP contribution in [0.5, 0.6) is 0 Å². The van der Waals surface area contributed by atoms with Gasteiger partial charge in [-0.3, -0.25) is 4.79 Å². The number of amides is 1. The molecule has 1 aliphatic heterocycles. The summed E-state index contributed by atoms with van der Waals surface area (Å²) in [5.74, 6) is 2.45. The summed E-state index contributed by atoms with van der Waals surface area (Å²) in [6, 6.07) is 8.92. The van der Waals surface area contributed by atoms with Gasteiger partial charge in [-0.2, -0.15) is 5.10 Å². The lowest BCUT2D eigenvalue weighted by Gasteiger charge is -2.55. The number of allylic oxidation sites excluding steroid dienone is 2. The fourth-order valence-corrected chi connectivity index (χ4v) is 8.42. The maximum atomic E-state index is 13.4. The van der Waals surface area contributed by atoms with Gasteiger partial charge < -0.3 is 14.5 Å². The van der Waals surface area contributed by atoms with Crippen LogP contribution in [0.2, 0.25) is 0 Å². The maximum Gasteiger partial charge on any atom is 0.246 e. The van der Waals surface area contributed by atoms with Gasteiger partial charge in [-0.1, -0.05) is 12.1 Å². The molecule has 38 heavy (non-hydrogen) atoms. The highest BCUT2D eigenvalue weighted by molar-refractivity contribution is 5.87. The Morgan fingerprint density at radius 1 is 1.03 bits per heavy atom. The number of hydrogen-bond acceptors (Lipinski definition) is 5. The van der Waals surface area contributed by atoms with Crippen molar-refractivity contribution in [3.05, 3.63) is 46.7 Å². The molecule has 1 saturated heterocycles. The molecule has 1 N–H and O–H groups in total. The molecule has 6 aliphatic rings. The summed E-state index contributed by atoms with van der Waals surface area (Å²) in [5, 5.41) is 4.57. The molecule has 204 valence electrons. The number of rotatable bonds is 8. The van der Waals surface area contributed by atoms with Gasteiger partial charge in [-0.05, 0) is 118 Å². The average molecular weight is 517 g/mol. The molecule has 6 nitrogen and oxygen atoms in total. The molecular formula is C32H44N4O2. The summed E-state index contributed by atoms with van der Waals surface area (Å²) in [6.07, 6.45) is 13.5. The van der Waals surface area contributed by atoms with Crippen LogP contribution in [-0.4, -0.2) is 56.4 Å². The van der Waals surface area contributed by atoms with Crippen molar-refractivity contribution in [3.8, 4) is 0 Å². The van der Waals surface area contributed by atoms with E-state index >= 15 is 0 Å². The number of carbonyl (C=O) groups is 1. The smallest absolute Gasteiger partial charge is 0.246 e. The summed E-state index contributed by atoms with van der Waals surface area (Å²) < 4.78 is 5.66. The predicted octanol–water partition coefficient (Wildman–Crippen LogP) is 5.61. The number of nitrogens with zero attached hydrogens (tertiary/aromatic N) is 3. The first kappa shape index (κ1) is 25.7. The molecule has 0 spiro atoms. The molecule has 0 atom stereocenters. The summed E-state index contributed by atoms with van der Waals surface area (Å²) in [7, 11) is 0. The average Bonchev–Trinajstić information content (AvgIpc) is 3.32. The molecule has 0 radical (unpaired) electrons. The number of hydrazone groups is 1. The van der Waals surface area contributed by atoms with Crippen LogP contribution in [0.3, 0.4) is 0 Å². The van der Waals surface area contributed by atoms with Crippen molar-refractivity contribution >= 4 is 23.9 Å². The van der Waals surface area contributed by atoms with E-state index in [9.17, 15) is 4.79 Å². The van der Waals surface area contributed by atoms with Gasteiger partial charge in [0.15, 0.2) is 0 Å². The van der Waals surface area contributed by atoms with E-state index in [2.05, 4.69) is 64.5 Å².